The number of aromatic nitrogens is 4. The predicted octanol–water partition coefficient (Wildman–Crippen LogP) is 3.26. The maximum atomic E-state index is 12.4. The number of amides is 1. The number of hydrogen-bond donors (Lipinski definition) is 2. The number of hydrogen-bond acceptors (Lipinski definition) is 8. The largest absolute Gasteiger partial charge is 0.369 e. The normalized spacial score (nSPS) is 11.1. The number of thioether (sulfide) groups is 1. The number of anilines is 1. The Morgan fingerprint density at radius 2 is 2.10 bits per heavy atom. The number of nitrogens with zero attached hydrogens (tertiary/aromatic N) is 5. The van der Waals surface area contributed by atoms with Crippen molar-refractivity contribution in [2.45, 2.75) is 32.5 Å². The second-order valence-electron chi connectivity index (χ2n) is 7.45. The molecule has 0 bridgehead atoms. The summed E-state index contributed by atoms with van der Waals surface area (Å²) in [5.41, 5.74) is 1.37. The lowest BCUT2D eigenvalue weighted by Crippen LogP contribution is -2.27. The third-order valence-corrected chi connectivity index (χ3v) is 5.16. The van der Waals surface area contributed by atoms with E-state index in [2.05, 4.69) is 39.5 Å². The van der Waals surface area contributed by atoms with E-state index < -0.39 is 4.92 Å². The number of nitro groups is 1. The van der Waals surface area contributed by atoms with Crippen LogP contribution in [-0.4, -0.2) is 49.9 Å². The van der Waals surface area contributed by atoms with Gasteiger partial charge in [-0.1, -0.05) is 31.7 Å². The van der Waals surface area contributed by atoms with Gasteiger partial charge in [-0.2, -0.15) is 5.10 Å². The number of nitro benzene ring substituents is 1. The average Bonchev–Trinajstić information content (AvgIpc) is 3.14. The highest BCUT2D eigenvalue weighted by Gasteiger charge is 2.16. The molecule has 0 spiro atoms. The highest BCUT2D eigenvalue weighted by atomic mass is 32.2. The van der Waals surface area contributed by atoms with E-state index in [-0.39, 0.29) is 17.2 Å². The monoisotopic (exact) mass is 443 g/mol. The van der Waals surface area contributed by atoms with Crippen LogP contribution in [0.15, 0.2) is 29.6 Å². The average molecular weight is 444 g/mol. The molecule has 3 rings (SSSR count). The van der Waals surface area contributed by atoms with E-state index in [9.17, 15) is 14.9 Å². The van der Waals surface area contributed by atoms with Gasteiger partial charge in [0.25, 0.3) is 11.6 Å². The Balaban J connectivity index is 1.72. The molecule has 3 aromatic rings. The van der Waals surface area contributed by atoms with Gasteiger partial charge >= 0.3 is 0 Å². The standard InChI is InChI=1S/C20H25N7O3S/c1-12(2)10-22-17-15-11-23-26(18(15)25-20(24-17)31-4)8-7-21-19(28)14-6-5-13(3)16(9-14)27(29)30/h5-6,9,11-12H,7-8,10H2,1-4H3,(H,21,28)(H,22,24,25). The Morgan fingerprint density at radius 1 is 1.32 bits per heavy atom. The van der Waals surface area contributed by atoms with Crippen LogP contribution in [0, 0.1) is 23.0 Å². The molecular weight excluding hydrogens is 418 g/mol. The Bertz CT molecular complexity index is 1110. The highest BCUT2D eigenvalue weighted by Crippen LogP contribution is 2.23. The topological polar surface area (TPSA) is 128 Å². The number of carbonyl (C=O) groups is 1. The molecule has 0 aliphatic rings. The molecule has 2 aromatic heterocycles. The molecule has 1 aromatic carbocycles. The van der Waals surface area contributed by atoms with Crippen molar-refractivity contribution in [2.24, 2.45) is 5.92 Å². The van der Waals surface area contributed by atoms with E-state index in [1.165, 1.54) is 17.8 Å². The molecule has 1 amide bonds. The molecule has 0 aliphatic heterocycles. The minimum Gasteiger partial charge on any atom is -0.369 e. The maximum Gasteiger partial charge on any atom is 0.273 e. The van der Waals surface area contributed by atoms with Crippen LogP contribution in [0.5, 0.6) is 0 Å². The number of rotatable bonds is 9. The minimum atomic E-state index is -0.490. The Kier molecular flexibility index (Phi) is 7.06. The first kappa shape index (κ1) is 22.5. The van der Waals surface area contributed by atoms with Crippen LogP contribution in [0.4, 0.5) is 11.5 Å². The van der Waals surface area contributed by atoms with Gasteiger partial charge < -0.3 is 10.6 Å². The third kappa shape index (κ3) is 5.29. The number of fused-ring (bicyclic) bond motifs is 1. The van der Waals surface area contributed by atoms with Crippen LogP contribution in [0.3, 0.4) is 0 Å². The Hall–Kier alpha value is -3.21. The summed E-state index contributed by atoms with van der Waals surface area (Å²) in [4.78, 5) is 32.1. The molecule has 0 saturated heterocycles. The molecule has 0 atom stereocenters. The second-order valence-corrected chi connectivity index (χ2v) is 8.23. The van der Waals surface area contributed by atoms with Crippen molar-refractivity contribution in [3.8, 4) is 0 Å². The summed E-state index contributed by atoms with van der Waals surface area (Å²) in [6, 6.07) is 4.44. The van der Waals surface area contributed by atoms with Gasteiger partial charge in [0.15, 0.2) is 10.8 Å². The Morgan fingerprint density at radius 3 is 2.77 bits per heavy atom. The minimum absolute atomic E-state index is 0.0755. The van der Waals surface area contributed by atoms with Gasteiger partial charge in [0.1, 0.15) is 5.82 Å². The molecule has 0 saturated carbocycles. The molecule has 0 radical (unpaired) electrons. The fourth-order valence-electron chi connectivity index (χ4n) is 2.95. The third-order valence-electron chi connectivity index (χ3n) is 4.61. The van der Waals surface area contributed by atoms with Crippen LogP contribution < -0.4 is 10.6 Å². The van der Waals surface area contributed by atoms with Gasteiger partial charge in [-0.15, -0.1) is 0 Å². The van der Waals surface area contributed by atoms with Crippen LogP contribution in [0.1, 0.15) is 29.8 Å². The smallest absolute Gasteiger partial charge is 0.273 e. The fourth-order valence-corrected chi connectivity index (χ4v) is 3.31. The summed E-state index contributed by atoms with van der Waals surface area (Å²) in [6.45, 7) is 7.36. The first-order valence-electron chi connectivity index (χ1n) is 9.84. The van der Waals surface area contributed by atoms with Gasteiger partial charge in [-0.25, -0.2) is 14.6 Å². The molecule has 0 aliphatic carbocycles. The van der Waals surface area contributed by atoms with Gasteiger partial charge in [0.2, 0.25) is 0 Å². The molecule has 11 heteroatoms. The van der Waals surface area contributed by atoms with Gasteiger partial charge in [0, 0.05) is 30.3 Å². The summed E-state index contributed by atoms with van der Waals surface area (Å²) >= 11 is 1.45. The lowest BCUT2D eigenvalue weighted by atomic mass is 10.1. The van der Waals surface area contributed by atoms with E-state index in [4.69, 9.17) is 0 Å². The van der Waals surface area contributed by atoms with E-state index in [1.807, 2.05) is 6.26 Å². The van der Waals surface area contributed by atoms with Gasteiger partial charge in [-0.05, 0) is 25.2 Å². The lowest BCUT2D eigenvalue weighted by molar-refractivity contribution is -0.385. The van der Waals surface area contributed by atoms with Crippen molar-refractivity contribution in [2.75, 3.05) is 24.7 Å². The van der Waals surface area contributed by atoms with Gasteiger partial charge in [0.05, 0.1) is 23.1 Å². The van der Waals surface area contributed by atoms with Crippen LogP contribution in [0.2, 0.25) is 0 Å². The first-order chi connectivity index (χ1) is 14.8. The molecule has 164 valence electrons. The van der Waals surface area contributed by atoms with Crippen LogP contribution >= 0.6 is 11.8 Å². The number of nitrogens with one attached hydrogen (secondary N) is 2. The molecule has 10 nitrogen and oxygen atoms in total. The van der Waals surface area contributed by atoms with Crippen molar-refractivity contribution >= 4 is 40.2 Å². The van der Waals surface area contributed by atoms with Crippen molar-refractivity contribution < 1.29 is 9.72 Å². The summed E-state index contributed by atoms with van der Waals surface area (Å²) in [5, 5.41) is 23.1. The highest BCUT2D eigenvalue weighted by molar-refractivity contribution is 7.98. The van der Waals surface area contributed by atoms with Gasteiger partial charge in [-0.3, -0.25) is 14.9 Å². The molecule has 31 heavy (non-hydrogen) atoms. The van der Waals surface area contributed by atoms with Crippen molar-refractivity contribution in [1.82, 2.24) is 25.1 Å². The molecule has 0 unspecified atom stereocenters. The zero-order valence-corrected chi connectivity index (χ0v) is 18.7. The number of carbonyl (C=O) groups excluding carboxylic acids is 1. The summed E-state index contributed by atoms with van der Waals surface area (Å²) < 4.78 is 1.72. The maximum absolute atomic E-state index is 12.4. The zero-order valence-electron chi connectivity index (χ0n) is 17.9. The van der Waals surface area contributed by atoms with Crippen LogP contribution in [0.25, 0.3) is 11.0 Å². The molecule has 2 heterocycles. The Labute approximate surface area is 184 Å². The van der Waals surface area contributed by atoms with Crippen molar-refractivity contribution in [3.05, 3.63) is 45.6 Å². The van der Waals surface area contributed by atoms with E-state index >= 15 is 0 Å². The molecule has 0 fully saturated rings. The number of benzene rings is 1. The quantitative estimate of drug-likeness (QED) is 0.223. The first-order valence-corrected chi connectivity index (χ1v) is 11.1. The second kappa shape index (κ2) is 9.73. The molecular formula is C20H25N7O3S. The van der Waals surface area contributed by atoms with Crippen LogP contribution in [-0.2, 0) is 6.54 Å². The van der Waals surface area contributed by atoms with Crippen molar-refractivity contribution in [3.63, 3.8) is 0 Å². The molecule has 2 N–H and O–H groups in total. The van der Waals surface area contributed by atoms with E-state index in [0.717, 1.165) is 17.7 Å². The summed E-state index contributed by atoms with van der Waals surface area (Å²) in [6.07, 6.45) is 3.63. The zero-order chi connectivity index (χ0) is 22.5. The fraction of sp³-hybridized carbons (Fsp3) is 0.400. The van der Waals surface area contributed by atoms with Crippen molar-refractivity contribution in [1.29, 1.82) is 0 Å². The summed E-state index contributed by atoms with van der Waals surface area (Å²) in [5.74, 6) is 0.828. The predicted molar refractivity (Wildman–Crippen MR) is 121 cm³/mol. The number of aryl methyl sites for hydroxylation is 1. The van der Waals surface area contributed by atoms with E-state index in [0.29, 0.717) is 35.4 Å². The summed E-state index contributed by atoms with van der Waals surface area (Å²) in [7, 11) is 0. The lowest BCUT2D eigenvalue weighted by Gasteiger charge is -2.11. The van der Waals surface area contributed by atoms with E-state index in [1.54, 1.807) is 29.9 Å². The SMILES string of the molecule is CSc1nc(NCC(C)C)c2cnn(CCNC(=O)c3ccc(C)c([N+](=O)[O-])c3)c2n1.